The zero-order valence-electron chi connectivity index (χ0n) is 17.5. The molecular weight excluding hydrogens is 344 g/mol. The number of carbonyl (C=O) groups is 2. The van der Waals surface area contributed by atoms with Crippen LogP contribution in [0.3, 0.4) is 0 Å². The van der Waals surface area contributed by atoms with Crippen LogP contribution in [0.25, 0.3) is 0 Å². The van der Waals surface area contributed by atoms with Gasteiger partial charge in [-0.15, -0.1) is 0 Å². The number of esters is 1. The maximum atomic E-state index is 13.1. The van der Waals surface area contributed by atoms with Crippen LogP contribution in [-0.4, -0.2) is 40.8 Å². The summed E-state index contributed by atoms with van der Waals surface area (Å²) in [7, 11) is 0. The van der Waals surface area contributed by atoms with Gasteiger partial charge < -0.3 is 14.9 Å². The largest absolute Gasteiger partial charge is 0.460 e. The summed E-state index contributed by atoms with van der Waals surface area (Å²) in [5.74, 6) is -0.320. The molecule has 3 aliphatic carbocycles. The van der Waals surface area contributed by atoms with Gasteiger partial charge in [0, 0.05) is 17.8 Å². The third-order valence-corrected chi connectivity index (χ3v) is 9.11. The number of ketones is 1. The molecule has 3 rings (SSSR count). The van der Waals surface area contributed by atoms with Gasteiger partial charge in [0.15, 0.2) is 0 Å². The minimum Gasteiger partial charge on any atom is -0.460 e. The van der Waals surface area contributed by atoms with Gasteiger partial charge in [-0.1, -0.05) is 34.6 Å². The SMILES string of the molecule is CC[C@]1(C)C[C@H](OC(=O)CO)[C@@]2(C)[C@H](C)CC[C@@]3(CCC(=O)[C@@H]32)[C@H](C)[C@@H]1O. The van der Waals surface area contributed by atoms with Gasteiger partial charge in [0.2, 0.25) is 0 Å². The van der Waals surface area contributed by atoms with E-state index in [1.807, 2.05) is 0 Å². The quantitative estimate of drug-likeness (QED) is 0.735. The summed E-state index contributed by atoms with van der Waals surface area (Å²) in [6.07, 6.45) is 3.53. The van der Waals surface area contributed by atoms with Gasteiger partial charge in [-0.3, -0.25) is 4.79 Å². The van der Waals surface area contributed by atoms with Crippen LogP contribution in [0, 0.1) is 34.0 Å². The van der Waals surface area contributed by atoms with Crippen molar-refractivity contribution in [3.05, 3.63) is 0 Å². The molecule has 0 radical (unpaired) electrons. The molecule has 2 bridgehead atoms. The van der Waals surface area contributed by atoms with Gasteiger partial charge in [0.05, 0.1) is 6.10 Å². The smallest absolute Gasteiger partial charge is 0.332 e. The lowest BCUT2D eigenvalue weighted by Gasteiger charge is -2.62. The van der Waals surface area contributed by atoms with Crippen LogP contribution in [0.1, 0.15) is 73.1 Å². The summed E-state index contributed by atoms with van der Waals surface area (Å²) in [4.78, 5) is 25.2. The summed E-state index contributed by atoms with van der Waals surface area (Å²) < 4.78 is 5.82. The van der Waals surface area contributed by atoms with Gasteiger partial charge in [0.25, 0.3) is 0 Å². The molecule has 0 unspecified atom stereocenters. The van der Waals surface area contributed by atoms with Crippen molar-refractivity contribution in [2.45, 2.75) is 85.4 Å². The molecule has 3 aliphatic rings. The Kier molecular flexibility index (Phi) is 5.26. The van der Waals surface area contributed by atoms with Crippen molar-refractivity contribution in [1.29, 1.82) is 0 Å². The Morgan fingerprint density at radius 3 is 2.52 bits per heavy atom. The van der Waals surface area contributed by atoms with Crippen LogP contribution in [0.4, 0.5) is 0 Å². The fourth-order valence-electron chi connectivity index (χ4n) is 6.90. The van der Waals surface area contributed by atoms with Crippen molar-refractivity contribution in [2.75, 3.05) is 6.61 Å². The number of hydrogen-bond donors (Lipinski definition) is 2. The van der Waals surface area contributed by atoms with E-state index in [4.69, 9.17) is 4.74 Å². The van der Waals surface area contributed by atoms with E-state index < -0.39 is 35.6 Å². The molecule has 5 nitrogen and oxygen atoms in total. The van der Waals surface area contributed by atoms with Crippen molar-refractivity contribution >= 4 is 11.8 Å². The summed E-state index contributed by atoms with van der Waals surface area (Å²) in [6.45, 7) is 9.90. The first-order valence-corrected chi connectivity index (χ1v) is 10.6. The van der Waals surface area contributed by atoms with Crippen LogP contribution < -0.4 is 0 Å². The molecule has 0 aromatic heterocycles. The number of aliphatic hydroxyl groups is 2. The normalized spacial score (nSPS) is 49.9. The first kappa shape index (κ1) is 20.8. The highest BCUT2D eigenvalue weighted by molar-refractivity contribution is 5.85. The van der Waals surface area contributed by atoms with Gasteiger partial charge in [-0.05, 0) is 54.8 Å². The van der Waals surface area contributed by atoms with Crippen molar-refractivity contribution in [2.24, 2.45) is 34.0 Å². The molecule has 154 valence electrons. The Bertz CT molecular complexity index is 618. The molecular formula is C22H36O5. The third-order valence-electron chi connectivity index (χ3n) is 9.11. The van der Waals surface area contributed by atoms with E-state index in [0.29, 0.717) is 12.8 Å². The van der Waals surface area contributed by atoms with Gasteiger partial charge in [-0.25, -0.2) is 4.79 Å². The average molecular weight is 381 g/mol. The fourth-order valence-corrected chi connectivity index (χ4v) is 6.90. The Hall–Kier alpha value is -0.940. The Morgan fingerprint density at radius 1 is 1.26 bits per heavy atom. The van der Waals surface area contributed by atoms with Crippen LogP contribution >= 0.6 is 0 Å². The number of ether oxygens (including phenoxy) is 1. The molecule has 0 aromatic rings. The molecule has 5 heteroatoms. The molecule has 0 spiro atoms. The molecule has 0 heterocycles. The van der Waals surface area contributed by atoms with E-state index in [0.717, 1.165) is 25.7 Å². The van der Waals surface area contributed by atoms with E-state index in [9.17, 15) is 19.8 Å². The lowest BCUT2D eigenvalue weighted by atomic mass is 9.43. The second-order valence-electron chi connectivity index (χ2n) is 10.0. The minimum absolute atomic E-state index is 0.0280. The summed E-state index contributed by atoms with van der Waals surface area (Å²) >= 11 is 0. The first-order valence-electron chi connectivity index (χ1n) is 10.6. The van der Waals surface area contributed by atoms with E-state index in [1.54, 1.807) is 0 Å². The van der Waals surface area contributed by atoms with Gasteiger partial charge in [0.1, 0.15) is 18.5 Å². The number of Topliss-reactive ketones (excluding diaryl/α,β-unsaturated/α-hetero) is 1. The molecule has 27 heavy (non-hydrogen) atoms. The Labute approximate surface area is 162 Å². The second-order valence-corrected chi connectivity index (χ2v) is 10.0. The van der Waals surface area contributed by atoms with Crippen molar-refractivity contribution < 1.29 is 24.5 Å². The van der Waals surface area contributed by atoms with Gasteiger partial charge >= 0.3 is 5.97 Å². The van der Waals surface area contributed by atoms with E-state index >= 15 is 0 Å². The van der Waals surface area contributed by atoms with Crippen LogP contribution in [-0.2, 0) is 14.3 Å². The highest BCUT2D eigenvalue weighted by Gasteiger charge is 2.68. The molecule has 2 N–H and O–H groups in total. The van der Waals surface area contributed by atoms with Gasteiger partial charge in [-0.2, -0.15) is 0 Å². The highest BCUT2D eigenvalue weighted by Crippen LogP contribution is 2.68. The zero-order valence-corrected chi connectivity index (χ0v) is 17.5. The molecule has 0 aromatic carbocycles. The number of aliphatic hydroxyl groups excluding tert-OH is 2. The third kappa shape index (κ3) is 2.79. The molecule has 3 fully saturated rings. The molecule has 3 saturated carbocycles. The number of carbonyl (C=O) groups excluding carboxylic acids is 2. The lowest BCUT2D eigenvalue weighted by Crippen LogP contribution is -2.63. The summed E-state index contributed by atoms with van der Waals surface area (Å²) in [6, 6.07) is 0. The molecule has 0 aliphatic heterocycles. The predicted octanol–water partition coefficient (Wildman–Crippen LogP) is 3.11. The summed E-state index contributed by atoms with van der Waals surface area (Å²) in [5, 5.41) is 20.7. The van der Waals surface area contributed by atoms with E-state index in [1.165, 1.54) is 0 Å². The monoisotopic (exact) mass is 380 g/mol. The topological polar surface area (TPSA) is 83.8 Å². The van der Waals surface area contributed by atoms with Crippen molar-refractivity contribution in [1.82, 2.24) is 0 Å². The fraction of sp³-hybridized carbons (Fsp3) is 0.909. The van der Waals surface area contributed by atoms with Crippen molar-refractivity contribution in [3.8, 4) is 0 Å². The Morgan fingerprint density at radius 2 is 1.93 bits per heavy atom. The summed E-state index contributed by atoms with van der Waals surface area (Å²) in [5.41, 5.74) is -1.10. The molecule has 0 saturated heterocycles. The predicted molar refractivity (Wildman–Crippen MR) is 102 cm³/mol. The average Bonchev–Trinajstić information content (AvgIpc) is 3.00. The maximum Gasteiger partial charge on any atom is 0.332 e. The number of rotatable bonds is 3. The second kappa shape index (κ2) is 6.84. The molecule has 0 amide bonds. The van der Waals surface area contributed by atoms with E-state index in [-0.39, 0.29) is 29.0 Å². The minimum atomic E-state index is -0.660. The number of hydrogen-bond acceptors (Lipinski definition) is 5. The maximum absolute atomic E-state index is 13.1. The highest BCUT2D eigenvalue weighted by atomic mass is 16.6. The standard InChI is InChI=1S/C22H36O5/c1-6-20(4)11-16(27-17(25)12-23)21(5)13(2)7-9-22(14(3)19(20)26)10-8-15(24)18(21)22/h13-14,16,18-19,23,26H,6-12H2,1-5H3/t13-,14-,16+,18-,19+,20-,21-,22-/m1/s1. The van der Waals surface area contributed by atoms with Crippen LogP contribution in [0.15, 0.2) is 0 Å². The van der Waals surface area contributed by atoms with Crippen LogP contribution in [0.5, 0.6) is 0 Å². The zero-order chi connectivity index (χ0) is 20.2. The first-order chi connectivity index (χ1) is 12.6. The lowest BCUT2D eigenvalue weighted by molar-refractivity contribution is -0.213. The Balaban J connectivity index is 2.19. The molecule has 8 atom stereocenters. The van der Waals surface area contributed by atoms with Crippen molar-refractivity contribution in [3.63, 3.8) is 0 Å². The van der Waals surface area contributed by atoms with E-state index in [2.05, 4.69) is 34.6 Å². The van der Waals surface area contributed by atoms with Crippen LogP contribution in [0.2, 0.25) is 0 Å².